The first-order valence-corrected chi connectivity index (χ1v) is 5.75. The number of ether oxygens (including phenoxy) is 1. The number of rotatable bonds is 4. The molecule has 4 heteroatoms. The predicted molar refractivity (Wildman–Crippen MR) is 66.7 cm³/mol. The number of thioether (sulfide) groups is 1. The van der Waals surface area contributed by atoms with Gasteiger partial charge in [0, 0.05) is 12.8 Å². The average Bonchev–Trinajstić information content (AvgIpc) is 2.26. The number of hydrogen-bond acceptors (Lipinski definition) is 3. The molecule has 1 aromatic rings. The Morgan fingerprint density at radius 2 is 2.07 bits per heavy atom. The Bertz CT molecular complexity index is 322. The summed E-state index contributed by atoms with van der Waals surface area (Å²) in [5, 5.41) is 0.600. The maximum Gasteiger partial charge on any atom is 0.153 e. The monoisotopic (exact) mass is 224 g/mol. The lowest BCUT2D eigenvalue weighted by molar-refractivity contribution is 0.344. The first kappa shape index (κ1) is 11.9. The molecule has 0 radical (unpaired) electrons. The molecule has 0 bridgehead atoms. The zero-order valence-corrected chi connectivity index (χ0v) is 9.88. The van der Waals surface area contributed by atoms with Crippen LogP contribution in [0.1, 0.15) is 5.56 Å². The molecule has 0 heterocycles. The van der Waals surface area contributed by atoms with Gasteiger partial charge in [0.2, 0.25) is 0 Å². The van der Waals surface area contributed by atoms with Crippen LogP contribution in [0.5, 0.6) is 5.75 Å². The van der Waals surface area contributed by atoms with Gasteiger partial charge < -0.3 is 10.5 Å². The van der Waals surface area contributed by atoms with E-state index in [1.54, 1.807) is 7.05 Å². The van der Waals surface area contributed by atoms with Crippen molar-refractivity contribution in [2.75, 3.05) is 19.4 Å². The fourth-order valence-electron chi connectivity index (χ4n) is 1.00. The molecule has 0 unspecified atom stereocenters. The van der Waals surface area contributed by atoms with Gasteiger partial charge >= 0.3 is 0 Å². The molecule has 0 spiro atoms. The summed E-state index contributed by atoms with van der Waals surface area (Å²) in [5.41, 5.74) is 6.76. The second-order valence-corrected chi connectivity index (χ2v) is 4.19. The maximum absolute atomic E-state index is 5.53. The first-order chi connectivity index (χ1) is 7.22. The van der Waals surface area contributed by atoms with E-state index in [4.69, 9.17) is 10.5 Å². The van der Waals surface area contributed by atoms with Gasteiger partial charge in [0.05, 0.1) is 6.61 Å². The van der Waals surface area contributed by atoms with Gasteiger partial charge in [-0.3, -0.25) is 4.99 Å². The standard InChI is InChI=1S/C11H16N2OS/c1-9-3-5-10(6-4-9)14-7-8-15-11(12)13-2/h3-6H,7-8H2,1-2H3,(H2,12,13). The summed E-state index contributed by atoms with van der Waals surface area (Å²) >= 11 is 1.50. The molecule has 0 aliphatic rings. The van der Waals surface area contributed by atoms with Crippen LogP contribution in [-0.2, 0) is 0 Å². The smallest absolute Gasteiger partial charge is 0.153 e. The van der Waals surface area contributed by atoms with Crippen molar-refractivity contribution in [3.63, 3.8) is 0 Å². The Kier molecular flexibility index (Phi) is 5.04. The Labute approximate surface area is 94.7 Å². The Hall–Kier alpha value is -1.16. The predicted octanol–water partition coefficient (Wildman–Crippen LogP) is 2.05. The van der Waals surface area contributed by atoms with Crippen LogP contribution in [0.4, 0.5) is 0 Å². The fraction of sp³-hybridized carbons (Fsp3) is 0.364. The molecule has 0 aliphatic carbocycles. The van der Waals surface area contributed by atoms with Crippen molar-refractivity contribution in [2.45, 2.75) is 6.92 Å². The van der Waals surface area contributed by atoms with Crippen LogP contribution in [0, 0.1) is 6.92 Å². The molecule has 0 saturated heterocycles. The van der Waals surface area contributed by atoms with Gasteiger partial charge in [-0.15, -0.1) is 0 Å². The summed E-state index contributed by atoms with van der Waals surface area (Å²) in [7, 11) is 1.68. The Balaban J connectivity index is 2.23. The van der Waals surface area contributed by atoms with Crippen molar-refractivity contribution in [1.29, 1.82) is 0 Å². The van der Waals surface area contributed by atoms with Crippen LogP contribution in [-0.4, -0.2) is 24.6 Å². The van der Waals surface area contributed by atoms with Crippen LogP contribution in [0.25, 0.3) is 0 Å². The van der Waals surface area contributed by atoms with Crippen LogP contribution in [0.15, 0.2) is 29.3 Å². The molecular weight excluding hydrogens is 208 g/mol. The highest BCUT2D eigenvalue weighted by atomic mass is 32.2. The topological polar surface area (TPSA) is 47.6 Å². The van der Waals surface area contributed by atoms with Crippen LogP contribution in [0.2, 0.25) is 0 Å². The van der Waals surface area contributed by atoms with E-state index in [1.807, 2.05) is 24.3 Å². The van der Waals surface area contributed by atoms with E-state index in [0.29, 0.717) is 11.8 Å². The van der Waals surface area contributed by atoms with E-state index in [0.717, 1.165) is 11.5 Å². The molecule has 0 aromatic heterocycles. The molecule has 1 aromatic carbocycles. The van der Waals surface area contributed by atoms with Crippen molar-refractivity contribution >= 4 is 16.9 Å². The van der Waals surface area contributed by atoms with Gasteiger partial charge in [-0.1, -0.05) is 29.5 Å². The average molecular weight is 224 g/mol. The molecular formula is C11H16N2OS. The lowest BCUT2D eigenvalue weighted by Crippen LogP contribution is -2.10. The van der Waals surface area contributed by atoms with Crippen molar-refractivity contribution < 1.29 is 4.74 Å². The third-order valence-corrected chi connectivity index (χ3v) is 2.69. The summed E-state index contributed by atoms with van der Waals surface area (Å²) in [4.78, 5) is 3.85. The zero-order valence-electron chi connectivity index (χ0n) is 9.06. The molecule has 3 nitrogen and oxygen atoms in total. The summed E-state index contributed by atoms with van der Waals surface area (Å²) in [5.74, 6) is 1.71. The van der Waals surface area contributed by atoms with Crippen LogP contribution in [0.3, 0.4) is 0 Å². The van der Waals surface area contributed by atoms with E-state index in [1.165, 1.54) is 17.3 Å². The lowest BCUT2D eigenvalue weighted by Gasteiger charge is -2.05. The molecule has 0 saturated carbocycles. The highest BCUT2D eigenvalue weighted by Gasteiger charge is 1.95. The molecule has 1 rings (SSSR count). The third kappa shape index (κ3) is 4.74. The second kappa shape index (κ2) is 6.35. The third-order valence-electron chi connectivity index (χ3n) is 1.84. The molecule has 0 atom stereocenters. The van der Waals surface area contributed by atoms with Crippen molar-refractivity contribution in [2.24, 2.45) is 10.7 Å². The van der Waals surface area contributed by atoms with Gasteiger partial charge in [-0.05, 0) is 19.1 Å². The summed E-state index contributed by atoms with van der Waals surface area (Å²) in [6.07, 6.45) is 0. The normalized spacial score (nSPS) is 11.5. The van der Waals surface area contributed by atoms with E-state index in [2.05, 4.69) is 11.9 Å². The molecule has 0 fully saturated rings. The lowest BCUT2D eigenvalue weighted by atomic mass is 10.2. The molecule has 2 N–H and O–H groups in total. The summed E-state index contributed by atoms with van der Waals surface area (Å²) in [6.45, 7) is 2.70. The minimum Gasteiger partial charge on any atom is -0.493 e. The minimum atomic E-state index is 0.600. The van der Waals surface area contributed by atoms with Gasteiger partial charge in [0.1, 0.15) is 5.75 Å². The number of benzene rings is 1. The fourth-order valence-corrected chi connectivity index (χ4v) is 1.51. The highest BCUT2D eigenvalue weighted by Crippen LogP contribution is 2.11. The highest BCUT2D eigenvalue weighted by molar-refractivity contribution is 8.13. The first-order valence-electron chi connectivity index (χ1n) is 4.77. The van der Waals surface area contributed by atoms with Crippen molar-refractivity contribution in [1.82, 2.24) is 0 Å². The van der Waals surface area contributed by atoms with Gasteiger partial charge in [-0.25, -0.2) is 0 Å². The quantitative estimate of drug-likeness (QED) is 0.484. The van der Waals surface area contributed by atoms with Gasteiger partial charge in [0.25, 0.3) is 0 Å². The van der Waals surface area contributed by atoms with Gasteiger partial charge in [-0.2, -0.15) is 0 Å². The number of aliphatic imine (C=N–C) groups is 1. The van der Waals surface area contributed by atoms with Crippen molar-refractivity contribution in [3.8, 4) is 5.75 Å². The largest absolute Gasteiger partial charge is 0.493 e. The summed E-state index contributed by atoms with van der Waals surface area (Å²) in [6, 6.07) is 8.00. The zero-order chi connectivity index (χ0) is 11.1. The number of nitrogens with two attached hydrogens (primary N) is 1. The van der Waals surface area contributed by atoms with E-state index in [-0.39, 0.29) is 0 Å². The van der Waals surface area contributed by atoms with Crippen LogP contribution >= 0.6 is 11.8 Å². The summed E-state index contributed by atoms with van der Waals surface area (Å²) < 4.78 is 5.52. The number of aryl methyl sites for hydroxylation is 1. The van der Waals surface area contributed by atoms with Crippen molar-refractivity contribution in [3.05, 3.63) is 29.8 Å². The van der Waals surface area contributed by atoms with E-state index >= 15 is 0 Å². The maximum atomic E-state index is 5.53. The molecule has 0 amide bonds. The molecule has 82 valence electrons. The number of nitrogens with zero attached hydrogens (tertiary/aromatic N) is 1. The van der Waals surface area contributed by atoms with E-state index < -0.39 is 0 Å². The number of amidine groups is 1. The molecule has 15 heavy (non-hydrogen) atoms. The Morgan fingerprint density at radius 3 is 2.67 bits per heavy atom. The minimum absolute atomic E-state index is 0.600. The SMILES string of the molecule is CN=C(N)SCCOc1ccc(C)cc1. The van der Waals surface area contributed by atoms with E-state index in [9.17, 15) is 0 Å². The number of hydrogen-bond donors (Lipinski definition) is 1. The second-order valence-electron chi connectivity index (χ2n) is 3.07. The molecule has 0 aliphatic heterocycles. The Morgan fingerprint density at radius 1 is 1.40 bits per heavy atom. The van der Waals surface area contributed by atoms with Gasteiger partial charge in [0.15, 0.2) is 5.17 Å². The van der Waals surface area contributed by atoms with Crippen LogP contribution < -0.4 is 10.5 Å².